The largest absolute Gasteiger partial charge is 0.380 e. The lowest BCUT2D eigenvalue weighted by atomic mass is 9.62. The molecule has 0 bridgehead atoms. The van der Waals surface area contributed by atoms with Crippen LogP contribution in [0.3, 0.4) is 0 Å². The van der Waals surface area contributed by atoms with E-state index in [1.807, 2.05) is 30.0 Å². The number of hydrogen-bond donors (Lipinski definition) is 2. The minimum atomic E-state index is -1.23. The van der Waals surface area contributed by atoms with Crippen LogP contribution in [-0.2, 0) is 10.4 Å². The molecule has 1 aromatic carbocycles. The fourth-order valence-corrected chi connectivity index (χ4v) is 5.98. The number of hydrogen-bond acceptors (Lipinski definition) is 5. The number of aliphatic hydroxyl groups is 2. The van der Waals surface area contributed by atoms with Gasteiger partial charge in [-0.15, -0.1) is 0 Å². The summed E-state index contributed by atoms with van der Waals surface area (Å²) < 4.78 is 0. The molecular formula is C31H41N3O3. The molecule has 3 heterocycles. The van der Waals surface area contributed by atoms with Gasteiger partial charge in [0.25, 0.3) is 0 Å². The highest BCUT2D eigenvalue weighted by molar-refractivity contribution is 5.73. The molecule has 37 heavy (non-hydrogen) atoms. The molecule has 0 aliphatic carbocycles. The highest BCUT2D eigenvalue weighted by atomic mass is 16.3. The molecule has 2 N–H and O–H groups in total. The zero-order chi connectivity index (χ0) is 27.0. The Hall–Kier alpha value is -2.72. The van der Waals surface area contributed by atoms with Crippen LogP contribution in [0.4, 0.5) is 0 Å². The van der Waals surface area contributed by atoms with Crippen molar-refractivity contribution >= 4 is 5.91 Å². The van der Waals surface area contributed by atoms with E-state index < -0.39 is 11.7 Å². The highest BCUT2D eigenvalue weighted by Gasteiger charge is 2.55. The third-order valence-corrected chi connectivity index (χ3v) is 8.63. The SMILES string of the molecule is CC(=O)N1CCC(C)(C(O)C#Cc2cncc(C(O)(c3ccc(C(C)C)cc3)C3(C)CN(C)C3)c2)CC1. The van der Waals surface area contributed by atoms with E-state index in [1.54, 1.807) is 19.3 Å². The zero-order valence-electron chi connectivity index (χ0n) is 23.1. The van der Waals surface area contributed by atoms with Crippen LogP contribution in [0.1, 0.15) is 75.6 Å². The molecule has 2 atom stereocenters. The van der Waals surface area contributed by atoms with Crippen LogP contribution in [0.15, 0.2) is 42.7 Å². The van der Waals surface area contributed by atoms with Gasteiger partial charge in [-0.2, -0.15) is 0 Å². The normalized spacial score (nSPS) is 21.4. The van der Waals surface area contributed by atoms with Crippen LogP contribution in [0.25, 0.3) is 0 Å². The van der Waals surface area contributed by atoms with Gasteiger partial charge in [-0.25, -0.2) is 0 Å². The van der Waals surface area contributed by atoms with E-state index in [-0.39, 0.29) is 16.7 Å². The number of rotatable bonds is 5. The standard InChI is InChI=1S/C31H41N3O3/c1-22(2)25-8-10-26(11-9-25)31(37,30(5)20-33(6)21-30)27-17-24(18-32-19-27)7-12-28(36)29(4)13-15-34(16-14-29)23(3)35/h8-11,17-19,22,28,36-37H,13-16,20-21H2,1-6H3. The summed E-state index contributed by atoms with van der Waals surface area (Å²) in [6, 6.07) is 10.2. The van der Waals surface area contributed by atoms with Crippen molar-refractivity contribution in [2.24, 2.45) is 10.8 Å². The molecule has 0 radical (unpaired) electrons. The Labute approximate surface area is 221 Å². The minimum Gasteiger partial charge on any atom is -0.380 e. The highest BCUT2D eigenvalue weighted by Crippen LogP contribution is 2.50. The second kappa shape index (κ2) is 10.2. The van der Waals surface area contributed by atoms with E-state index in [1.165, 1.54) is 5.56 Å². The van der Waals surface area contributed by atoms with Crippen LogP contribution in [0.2, 0.25) is 0 Å². The van der Waals surface area contributed by atoms with Crippen molar-refractivity contribution in [3.05, 3.63) is 65.0 Å². The van der Waals surface area contributed by atoms with Crippen LogP contribution in [-0.4, -0.2) is 70.2 Å². The summed E-state index contributed by atoms with van der Waals surface area (Å²) >= 11 is 0. The number of carbonyl (C=O) groups is 1. The number of nitrogens with zero attached hydrogens (tertiary/aromatic N) is 3. The van der Waals surface area contributed by atoms with Gasteiger partial charge in [-0.1, -0.05) is 63.8 Å². The molecule has 2 aliphatic rings. The van der Waals surface area contributed by atoms with Gasteiger partial charge in [0.1, 0.15) is 11.7 Å². The zero-order valence-corrected chi connectivity index (χ0v) is 23.1. The first-order valence-electron chi connectivity index (χ1n) is 13.3. The van der Waals surface area contributed by atoms with Crippen LogP contribution in [0, 0.1) is 22.7 Å². The molecule has 1 aromatic heterocycles. The third-order valence-electron chi connectivity index (χ3n) is 8.63. The first-order chi connectivity index (χ1) is 17.4. The number of likely N-dealkylation sites (tertiary alicyclic amines) is 2. The molecule has 2 unspecified atom stereocenters. The molecular weight excluding hydrogens is 462 g/mol. The van der Waals surface area contributed by atoms with E-state index >= 15 is 0 Å². The molecule has 0 saturated carbocycles. The number of aromatic nitrogens is 1. The fourth-order valence-electron chi connectivity index (χ4n) is 5.98. The lowest BCUT2D eigenvalue weighted by Crippen LogP contribution is -2.63. The van der Waals surface area contributed by atoms with Crippen molar-refractivity contribution < 1.29 is 15.0 Å². The predicted molar refractivity (Wildman–Crippen MR) is 146 cm³/mol. The summed E-state index contributed by atoms with van der Waals surface area (Å²) in [7, 11) is 2.06. The summed E-state index contributed by atoms with van der Waals surface area (Å²) in [6.07, 6.45) is 4.02. The second-order valence-electron chi connectivity index (χ2n) is 12.0. The number of pyridine rings is 1. The Morgan fingerprint density at radius 1 is 1.08 bits per heavy atom. The van der Waals surface area contributed by atoms with Crippen molar-refractivity contribution in [1.29, 1.82) is 0 Å². The predicted octanol–water partition coefficient (Wildman–Crippen LogP) is 3.75. The first kappa shape index (κ1) is 27.3. The van der Waals surface area contributed by atoms with Gasteiger partial charge < -0.3 is 20.0 Å². The Morgan fingerprint density at radius 2 is 1.70 bits per heavy atom. The van der Waals surface area contributed by atoms with Gasteiger partial charge >= 0.3 is 0 Å². The van der Waals surface area contributed by atoms with Gasteiger partial charge in [0, 0.05) is 67.5 Å². The summed E-state index contributed by atoms with van der Waals surface area (Å²) in [4.78, 5) is 20.1. The molecule has 0 spiro atoms. The summed E-state index contributed by atoms with van der Waals surface area (Å²) in [5.74, 6) is 6.64. The Morgan fingerprint density at radius 3 is 2.24 bits per heavy atom. The maximum atomic E-state index is 12.4. The quantitative estimate of drug-likeness (QED) is 0.608. The summed E-state index contributed by atoms with van der Waals surface area (Å²) in [5, 5.41) is 23.4. The average Bonchev–Trinajstić information content (AvgIpc) is 2.86. The lowest BCUT2D eigenvalue weighted by molar-refractivity contribution is -0.131. The molecule has 2 aromatic rings. The smallest absolute Gasteiger partial charge is 0.219 e. The maximum Gasteiger partial charge on any atom is 0.219 e. The average molecular weight is 504 g/mol. The molecule has 4 rings (SSSR count). The van der Waals surface area contributed by atoms with Crippen LogP contribution < -0.4 is 0 Å². The number of carbonyl (C=O) groups excluding carboxylic acids is 1. The Bertz CT molecular complexity index is 1180. The number of benzene rings is 1. The molecule has 2 aliphatic heterocycles. The van der Waals surface area contributed by atoms with E-state index in [2.05, 4.69) is 61.7 Å². The molecule has 2 saturated heterocycles. The second-order valence-corrected chi connectivity index (χ2v) is 12.0. The molecule has 1 amide bonds. The topological polar surface area (TPSA) is 76.9 Å². The monoisotopic (exact) mass is 503 g/mol. The minimum absolute atomic E-state index is 0.0724. The molecule has 6 nitrogen and oxygen atoms in total. The van der Waals surface area contributed by atoms with E-state index in [4.69, 9.17) is 0 Å². The van der Waals surface area contributed by atoms with Gasteiger partial charge in [0.2, 0.25) is 5.91 Å². The van der Waals surface area contributed by atoms with Crippen molar-refractivity contribution in [3.63, 3.8) is 0 Å². The Balaban J connectivity index is 1.63. The van der Waals surface area contributed by atoms with Crippen molar-refractivity contribution in [1.82, 2.24) is 14.8 Å². The van der Waals surface area contributed by atoms with E-state index in [9.17, 15) is 15.0 Å². The van der Waals surface area contributed by atoms with Gasteiger partial charge in [-0.3, -0.25) is 9.78 Å². The summed E-state index contributed by atoms with van der Waals surface area (Å²) in [6.45, 7) is 12.9. The fraction of sp³-hybridized carbons (Fsp3) is 0.548. The van der Waals surface area contributed by atoms with Crippen molar-refractivity contribution in [2.75, 3.05) is 33.2 Å². The van der Waals surface area contributed by atoms with E-state index in [0.29, 0.717) is 43.0 Å². The number of amides is 1. The van der Waals surface area contributed by atoms with Gasteiger partial charge in [-0.05, 0) is 43.0 Å². The molecule has 6 heteroatoms. The van der Waals surface area contributed by atoms with Gasteiger partial charge in [0.05, 0.1) is 0 Å². The molecule has 198 valence electrons. The van der Waals surface area contributed by atoms with Crippen LogP contribution >= 0.6 is 0 Å². The first-order valence-corrected chi connectivity index (χ1v) is 13.3. The van der Waals surface area contributed by atoms with Crippen molar-refractivity contribution in [3.8, 4) is 11.8 Å². The number of aliphatic hydroxyl groups excluding tert-OH is 1. The van der Waals surface area contributed by atoms with Gasteiger partial charge in [0.15, 0.2) is 0 Å². The van der Waals surface area contributed by atoms with E-state index in [0.717, 1.165) is 18.7 Å². The lowest BCUT2D eigenvalue weighted by Gasteiger charge is -2.55. The summed E-state index contributed by atoms with van der Waals surface area (Å²) in [5.41, 5.74) is 1.47. The van der Waals surface area contributed by atoms with Crippen LogP contribution in [0.5, 0.6) is 0 Å². The van der Waals surface area contributed by atoms with Crippen molar-refractivity contribution in [2.45, 2.75) is 65.1 Å². The molecule has 2 fully saturated rings. The maximum absolute atomic E-state index is 12.4. The third kappa shape index (κ3) is 5.18. The Kier molecular flexibility index (Phi) is 7.54. The number of piperidine rings is 1.